The van der Waals surface area contributed by atoms with Crippen LogP contribution in [0.3, 0.4) is 0 Å². The Morgan fingerprint density at radius 1 is 1.18 bits per heavy atom. The fourth-order valence-electron chi connectivity index (χ4n) is 1.97. The molecule has 1 aromatic carbocycles. The largest absolute Gasteiger partial charge is 0.292 e. The lowest BCUT2D eigenvalue weighted by atomic mass is 9.90. The number of hydrogen-bond acceptors (Lipinski definition) is 1. The lowest BCUT2D eigenvalue weighted by molar-refractivity contribution is 0.0984. The molecule has 3 heteroatoms. The Hall–Kier alpha value is -0.530. The average molecular weight is 273 g/mol. The summed E-state index contributed by atoms with van der Waals surface area (Å²) in [4.78, 5) is 12.3. The number of rotatable bonds is 4. The van der Waals surface area contributed by atoms with E-state index in [1.807, 2.05) is 27.7 Å². The summed E-state index contributed by atoms with van der Waals surface area (Å²) < 4.78 is 0. The molecule has 94 valence electrons. The fourth-order valence-corrected chi connectivity index (χ4v) is 2.52. The highest BCUT2D eigenvalue weighted by molar-refractivity contribution is 6.34. The van der Waals surface area contributed by atoms with Crippen molar-refractivity contribution in [3.8, 4) is 0 Å². The van der Waals surface area contributed by atoms with E-state index in [1.54, 1.807) is 0 Å². The van der Waals surface area contributed by atoms with Crippen LogP contribution in [0.1, 0.15) is 39.0 Å². The van der Waals surface area contributed by atoms with Crippen LogP contribution in [0.4, 0.5) is 0 Å². The van der Waals surface area contributed by atoms with Crippen LogP contribution >= 0.6 is 23.2 Å². The highest BCUT2D eigenvalue weighted by atomic mass is 35.5. The standard InChI is InChI=1S/C14H18Cl2O/c1-8-7-9(2)11(4)13(10(8)3)14(17)12(16)5-6-15/h7,12H,5-6H2,1-4H3. The van der Waals surface area contributed by atoms with E-state index in [0.717, 1.165) is 27.8 Å². The number of aryl methyl sites for hydroxylation is 2. The summed E-state index contributed by atoms with van der Waals surface area (Å²) in [5, 5.41) is -0.522. The van der Waals surface area contributed by atoms with Crippen molar-refractivity contribution in [1.29, 1.82) is 0 Å². The van der Waals surface area contributed by atoms with E-state index < -0.39 is 5.38 Å². The van der Waals surface area contributed by atoms with Crippen LogP contribution in [0.5, 0.6) is 0 Å². The van der Waals surface area contributed by atoms with Crippen molar-refractivity contribution < 1.29 is 4.79 Å². The Morgan fingerprint density at radius 3 is 2.06 bits per heavy atom. The van der Waals surface area contributed by atoms with Crippen molar-refractivity contribution >= 4 is 29.0 Å². The molecule has 1 aromatic rings. The lowest BCUT2D eigenvalue weighted by Crippen LogP contribution is -2.19. The van der Waals surface area contributed by atoms with Gasteiger partial charge in [0, 0.05) is 11.4 Å². The van der Waals surface area contributed by atoms with Gasteiger partial charge in [-0.05, 0) is 56.4 Å². The van der Waals surface area contributed by atoms with Gasteiger partial charge in [-0.1, -0.05) is 6.07 Å². The minimum absolute atomic E-state index is 0.00545. The quantitative estimate of drug-likeness (QED) is 0.589. The Labute approximate surface area is 113 Å². The zero-order valence-corrected chi connectivity index (χ0v) is 12.2. The van der Waals surface area contributed by atoms with Crippen molar-refractivity contribution in [2.24, 2.45) is 0 Å². The Bertz CT molecular complexity index is 412. The van der Waals surface area contributed by atoms with Crippen molar-refractivity contribution in [2.45, 2.75) is 39.5 Å². The molecule has 0 bridgehead atoms. The van der Waals surface area contributed by atoms with E-state index in [1.165, 1.54) is 0 Å². The highest BCUT2D eigenvalue weighted by Crippen LogP contribution is 2.25. The van der Waals surface area contributed by atoms with Gasteiger partial charge in [0.25, 0.3) is 0 Å². The zero-order valence-electron chi connectivity index (χ0n) is 10.7. The molecular weight excluding hydrogens is 255 g/mol. The lowest BCUT2D eigenvalue weighted by Gasteiger charge is -2.16. The molecule has 0 aliphatic rings. The highest BCUT2D eigenvalue weighted by Gasteiger charge is 2.22. The number of carbonyl (C=O) groups excluding carboxylic acids is 1. The normalized spacial score (nSPS) is 12.6. The predicted octanol–water partition coefficient (Wildman–Crippen LogP) is 4.34. The van der Waals surface area contributed by atoms with Crippen molar-refractivity contribution in [1.82, 2.24) is 0 Å². The molecule has 0 aliphatic carbocycles. The zero-order chi connectivity index (χ0) is 13.2. The first-order valence-corrected chi connectivity index (χ1v) is 6.68. The summed E-state index contributed by atoms with van der Waals surface area (Å²) in [5.74, 6) is 0.400. The van der Waals surface area contributed by atoms with Crippen LogP contribution in [-0.4, -0.2) is 17.0 Å². The van der Waals surface area contributed by atoms with Gasteiger partial charge in [-0.25, -0.2) is 0 Å². The topological polar surface area (TPSA) is 17.1 Å². The summed E-state index contributed by atoms with van der Waals surface area (Å²) in [5.41, 5.74) is 5.08. The molecule has 1 nitrogen and oxygen atoms in total. The Kier molecular flexibility index (Phi) is 5.03. The smallest absolute Gasteiger partial charge is 0.181 e. The Morgan fingerprint density at radius 2 is 1.65 bits per heavy atom. The maximum atomic E-state index is 12.3. The van der Waals surface area contributed by atoms with Crippen molar-refractivity contribution in [2.75, 3.05) is 5.88 Å². The maximum absolute atomic E-state index is 12.3. The monoisotopic (exact) mass is 272 g/mol. The van der Waals surface area contributed by atoms with Gasteiger partial charge in [0.05, 0.1) is 5.38 Å². The first-order valence-electron chi connectivity index (χ1n) is 5.71. The molecule has 1 atom stereocenters. The van der Waals surface area contributed by atoms with Crippen molar-refractivity contribution in [3.05, 3.63) is 33.9 Å². The molecule has 0 N–H and O–H groups in total. The molecule has 0 amide bonds. The van der Waals surface area contributed by atoms with Gasteiger partial charge in [-0.2, -0.15) is 0 Å². The summed E-state index contributed by atoms with van der Waals surface area (Å²) in [6.45, 7) is 7.98. The van der Waals surface area contributed by atoms with Crippen LogP contribution in [0, 0.1) is 27.7 Å². The van der Waals surface area contributed by atoms with Gasteiger partial charge in [0.2, 0.25) is 0 Å². The van der Waals surface area contributed by atoms with Gasteiger partial charge in [0.15, 0.2) is 5.78 Å². The van der Waals surface area contributed by atoms with Crippen LogP contribution in [0.25, 0.3) is 0 Å². The molecule has 0 spiro atoms. The molecule has 0 aliphatic heterocycles. The van der Waals surface area contributed by atoms with Gasteiger partial charge in [-0.15, -0.1) is 23.2 Å². The number of carbonyl (C=O) groups is 1. The summed E-state index contributed by atoms with van der Waals surface area (Å²) in [6.07, 6.45) is 0.508. The number of ketones is 1. The van der Waals surface area contributed by atoms with E-state index >= 15 is 0 Å². The minimum Gasteiger partial charge on any atom is -0.292 e. The maximum Gasteiger partial charge on any atom is 0.181 e. The number of alkyl halides is 2. The van der Waals surface area contributed by atoms with Crippen LogP contribution in [0.15, 0.2) is 6.07 Å². The third kappa shape index (κ3) is 3.02. The SMILES string of the molecule is Cc1cc(C)c(C)c(C(=O)C(Cl)CCCl)c1C. The molecule has 0 saturated carbocycles. The third-order valence-electron chi connectivity index (χ3n) is 3.26. The van der Waals surface area contributed by atoms with Gasteiger partial charge >= 0.3 is 0 Å². The van der Waals surface area contributed by atoms with Gasteiger partial charge < -0.3 is 0 Å². The van der Waals surface area contributed by atoms with E-state index in [2.05, 4.69) is 6.07 Å². The summed E-state index contributed by atoms with van der Waals surface area (Å²) in [6, 6.07) is 2.10. The fraction of sp³-hybridized carbons (Fsp3) is 0.500. The number of halogens is 2. The molecule has 0 saturated heterocycles. The predicted molar refractivity (Wildman–Crippen MR) is 74.7 cm³/mol. The van der Waals surface area contributed by atoms with E-state index in [9.17, 15) is 4.79 Å². The second-order valence-corrected chi connectivity index (χ2v) is 5.35. The van der Waals surface area contributed by atoms with E-state index in [-0.39, 0.29) is 5.78 Å². The molecule has 0 aromatic heterocycles. The first-order chi connectivity index (χ1) is 7.90. The summed E-state index contributed by atoms with van der Waals surface area (Å²) >= 11 is 11.7. The molecule has 1 unspecified atom stereocenters. The second kappa shape index (κ2) is 5.88. The molecule has 0 heterocycles. The molecular formula is C14H18Cl2O. The minimum atomic E-state index is -0.522. The Balaban J connectivity index is 3.26. The summed E-state index contributed by atoms with van der Waals surface area (Å²) in [7, 11) is 0. The van der Waals surface area contributed by atoms with Crippen LogP contribution < -0.4 is 0 Å². The first kappa shape index (κ1) is 14.5. The van der Waals surface area contributed by atoms with Crippen LogP contribution in [-0.2, 0) is 0 Å². The third-order valence-corrected chi connectivity index (χ3v) is 3.89. The van der Waals surface area contributed by atoms with Gasteiger partial charge in [0.1, 0.15) is 0 Å². The van der Waals surface area contributed by atoms with Crippen LogP contribution in [0.2, 0.25) is 0 Å². The second-order valence-electron chi connectivity index (χ2n) is 4.44. The van der Waals surface area contributed by atoms with Crippen molar-refractivity contribution in [3.63, 3.8) is 0 Å². The number of hydrogen-bond donors (Lipinski definition) is 0. The molecule has 0 fully saturated rings. The number of benzene rings is 1. The van der Waals surface area contributed by atoms with E-state index in [0.29, 0.717) is 12.3 Å². The molecule has 1 rings (SSSR count). The molecule has 17 heavy (non-hydrogen) atoms. The average Bonchev–Trinajstić information content (AvgIpc) is 2.27. The van der Waals surface area contributed by atoms with E-state index in [4.69, 9.17) is 23.2 Å². The molecule has 0 radical (unpaired) electrons. The van der Waals surface area contributed by atoms with Gasteiger partial charge in [-0.3, -0.25) is 4.79 Å². The number of Topliss-reactive ketones (excluding diaryl/α,β-unsaturated/α-hetero) is 1.